The molecule has 2 nitrogen and oxygen atoms in total. The zero-order valence-corrected chi connectivity index (χ0v) is 11.9. The molecule has 0 bridgehead atoms. The molecule has 6 heteroatoms. The van der Waals surface area contributed by atoms with Crippen LogP contribution in [0.5, 0.6) is 0 Å². The zero-order valence-electron chi connectivity index (χ0n) is 11.1. The summed E-state index contributed by atoms with van der Waals surface area (Å²) in [6, 6.07) is 3.37. The van der Waals surface area contributed by atoms with Gasteiger partial charge in [0.05, 0.1) is 11.3 Å². The number of rotatable bonds is 2. The molecule has 0 saturated carbocycles. The van der Waals surface area contributed by atoms with Crippen molar-refractivity contribution < 1.29 is 18.0 Å². The quantitative estimate of drug-likeness (QED) is 0.561. The first-order valence-corrected chi connectivity index (χ1v) is 5.98. The molecule has 0 aliphatic carbocycles. The van der Waals surface area contributed by atoms with Crippen LogP contribution in [-0.2, 0) is 11.0 Å². The second-order valence-electron chi connectivity index (χ2n) is 5.07. The monoisotopic (exact) mass is 293 g/mol. The van der Waals surface area contributed by atoms with Crippen molar-refractivity contribution in [2.75, 3.05) is 0 Å². The third kappa shape index (κ3) is 4.74. The number of hydrogen-bond donors (Lipinski definition) is 0. The molecular weight excluding hydrogens is 279 g/mol. The van der Waals surface area contributed by atoms with Gasteiger partial charge in [0.1, 0.15) is 5.60 Å². The standard InChI is InChI=1S/C13H15ClF3NO/c1-8(18-19-12(2,3)4)10-7-9(14)5-6-11(10)13(15,16)17/h5-7H,1-4H3. The van der Waals surface area contributed by atoms with E-state index in [0.29, 0.717) is 0 Å². The average molecular weight is 294 g/mol. The van der Waals surface area contributed by atoms with E-state index in [2.05, 4.69) is 5.16 Å². The number of hydrogen-bond acceptors (Lipinski definition) is 2. The highest BCUT2D eigenvalue weighted by atomic mass is 35.5. The highest BCUT2D eigenvalue weighted by molar-refractivity contribution is 6.31. The Bertz CT molecular complexity index is 490. The lowest BCUT2D eigenvalue weighted by Crippen LogP contribution is -2.18. The number of nitrogens with zero attached hydrogens (tertiary/aromatic N) is 1. The number of benzene rings is 1. The van der Waals surface area contributed by atoms with Crippen LogP contribution < -0.4 is 0 Å². The zero-order chi connectivity index (χ0) is 14.8. The van der Waals surface area contributed by atoms with E-state index in [0.717, 1.165) is 6.07 Å². The molecule has 1 aromatic carbocycles. The lowest BCUT2D eigenvalue weighted by molar-refractivity contribution is -0.137. The molecule has 0 aliphatic rings. The van der Waals surface area contributed by atoms with Gasteiger partial charge in [-0.1, -0.05) is 16.8 Å². The van der Waals surface area contributed by atoms with Crippen LogP contribution in [0.2, 0.25) is 5.02 Å². The van der Waals surface area contributed by atoms with Gasteiger partial charge >= 0.3 is 6.18 Å². The number of alkyl halides is 3. The van der Waals surface area contributed by atoms with Crippen molar-refractivity contribution in [3.63, 3.8) is 0 Å². The van der Waals surface area contributed by atoms with Gasteiger partial charge in [-0.25, -0.2) is 0 Å². The van der Waals surface area contributed by atoms with Gasteiger partial charge in [0.2, 0.25) is 0 Å². The average Bonchev–Trinajstić information content (AvgIpc) is 2.23. The second kappa shape index (κ2) is 5.41. The smallest absolute Gasteiger partial charge is 0.390 e. The van der Waals surface area contributed by atoms with Crippen LogP contribution in [-0.4, -0.2) is 11.3 Å². The Kier molecular flexibility index (Phi) is 4.50. The van der Waals surface area contributed by atoms with E-state index in [1.54, 1.807) is 20.8 Å². The molecule has 106 valence electrons. The van der Waals surface area contributed by atoms with Crippen molar-refractivity contribution in [1.29, 1.82) is 0 Å². The molecule has 0 spiro atoms. The van der Waals surface area contributed by atoms with Crippen molar-refractivity contribution >= 4 is 17.3 Å². The summed E-state index contributed by atoms with van der Waals surface area (Å²) in [5.74, 6) is 0. The minimum absolute atomic E-state index is 0.0794. The molecule has 0 heterocycles. The van der Waals surface area contributed by atoms with E-state index >= 15 is 0 Å². The minimum atomic E-state index is -4.46. The van der Waals surface area contributed by atoms with Crippen molar-refractivity contribution in [1.82, 2.24) is 0 Å². The van der Waals surface area contributed by atoms with E-state index in [4.69, 9.17) is 16.4 Å². The summed E-state index contributed by atoms with van der Waals surface area (Å²) in [4.78, 5) is 5.13. The van der Waals surface area contributed by atoms with Crippen LogP contribution in [0.4, 0.5) is 13.2 Å². The highest BCUT2D eigenvalue weighted by Crippen LogP contribution is 2.33. The Morgan fingerprint density at radius 3 is 2.26 bits per heavy atom. The summed E-state index contributed by atoms with van der Waals surface area (Å²) >= 11 is 5.74. The first kappa shape index (κ1) is 15.8. The van der Waals surface area contributed by atoms with Gasteiger partial charge < -0.3 is 4.84 Å². The molecule has 0 saturated heterocycles. The molecule has 0 aromatic heterocycles. The lowest BCUT2D eigenvalue weighted by atomic mass is 10.0. The molecule has 0 radical (unpaired) electrons. The predicted molar refractivity (Wildman–Crippen MR) is 69.5 cm³/mol. The van der Waals surface area contributed by atoms with Gasteiger partial charge in [0.25, 0.3) is 0 Å². The summed E-state index contributed by atoms with van der Waals surface area (Å²) < 4.78 is 38.6. The van der Waals surface area contributed by atoms with E-state index in [1.165, 1.54) is 19.1 Å². The third-order valence-electron chi connectivity index (χ3n) is 2.13. The summed E-state index contributed by atoms with van der Waals surface area (Å²) in [5.41, 5.74) is -1.30. The first-order chi connectivity index (χ1) is 8.50. The number of oxime groups is 1. The summed E-state index contributed by atoms with van der Waals surface area (Å²) in [6.07, 6.45) is -4.46. The molecule has 19 heavy (non-hydrogen) atoms. The van der Waals surface area contributed by atoms with Crippen LogP contribution in [0, 0.1) is 0 Å². The molecule has 0 aliphatic heterocycles. The van der Waals surface area contributed by atoms with Crippen molar-refractivity contribution in [2.45, 2.75) is 39.5 Å². The van der Waals surface area contributed by atoms with Crippen molar-refractivity contribution in [2.24, 2.45) is 5.16 Å². The Hall–Kier alpha value is -1.23. The maximum Gasteiger partial charge on any atom is 0.417 e. The molecule has 0 atom stereocenters. The summed E-state index contributed by atoms with van der Waals surface area (Å²) in [7, 11) is 0. The fourth-order valence-corrected chi connectivity index (χ4v) is 1.49. The van der Waals surface area contributed by atoms with Crippen LogP contribution in [0.1, 0.15) is 38.8 Å². The fourth-order valence-electron chi connectivity index (χ4n) is 1.32. The maximum absolute atomic E-state index is 12.9. The van der Waals surface area contributed by atoms with Crippen molar-refractivity contribution in [3.05, 3.63) is 34.3 Å². The van der Waals surface area contributed by atoms with Gasteiger partial charge in [-0.15, -0.1) is 0 Å². The van der Waals surface area contributed by atoms with Gasteiger partial charge in [0, 0.05) is 10.6 Å². The second-order valence-corrected chi connectivity index (χ2v) is 5.50. The molecular formula is C13H15ClF3NO. The van der Waals surface area contributed by atoms with Crippen LogP contribution in [0.25, 0.3) is 0 Å². The largest absolute Gasteiger partial charge is 0.417 e. The molecule has 1 aromatic rings. The number of halogens is 4. The Morgan fingerprint density at radius 2 is 1.79 bits per heavy atom. The van der Waals surface area contributed by atoms with Crippen LogP contribution >= 0.6 is 11.6 Å². The van der Waals surface area contributed by atoms with E-state index in [9.17, 15) is 13.2 Å². The molecule has 0 amide bonds. The Labute approximate surface area is 115 Å². The topological polar surface area (TPSA) is 21.6 Å². The molecule has 1 rings (SSSR count). The van der Waals surface area contributed by atoms with Crippen LogP contribution in [0.3, 0.4) is 0 Å². The van der Waals surface area contributed by atoms with Gasteiger partial charge in [-0.3, -0.25) is 0 Å². The van der Waals surface area contributed by atoms with Crippen LogP contribution in [0.15, 0.2) is 23.4 Å². The fraction of sp³-hybridized carbons (Fsp3) is 0.462. The summed E-state index contributed by atoms with van der Waals surface area (Å²) in [6.45, 7) is 6.72. The van der Waals surface area contributed by atoms with Gasteiger partial charge in [-0.05, 0) is 45.9 Å². The molecule has 0 unspecified atom stereocenters. The van der Waals surface area contributed by atoms with E-state index < -0.39 is 17.3 Å². The molecule has 0 fully saturated rings. The van der Waals surface area contributed by atoms with Gasteiger partial charge in [-0.2, -0.15) is 13.2 Å². The third-order valence-corrected chi connectivity index (χ3v) is 2.37. The minimum Gasteiger partial charge on any atom is -0.390 e. The SMILES string of the molecule is CC(=NOC(C)(C)C)c1cc(Cl)ccc1C(F)(F)F. The van der Waals surface area contributed by atoms with Gasteiger partial charge in [0.15, 0.2) is 0 Å². The van der Waals surface area contributed by atoms with E-state index in [1.807, 2.05) is 0 Å². The maximum atomic E-state index is 12.9. The Balaban J connectivity index is 3.22. The molecule has 0 N–H and O–H groups in total. The van der Waals surface area contributed by atoms with Crippen molar-refractivity contribution in [3.8, 4) is 0 Å². The predicted octanol–water partition coefficient (Wildman–Crippen LogP) is 4.90. The summed E-state index contributed by atoms with van der Waals surface area (Å²) in [5, 5.41) is 3.95. The highest BCUT2D eigenvalue weighted by Gasteiger charge is 2.34. The normalized spacial score (nSPS) is 13.6. The van der Waals surface area contributed by atoms with E-state index in [-0.39, 0.29) is 16.3 Å². The lowest BCUT2D eigenvalue weighted by Gasteiger charge is -2.17. The Morgan fingerprint density at radius 1 is 1.21 bits per heavy atom. The first-order valence-electron chi connectivity index (χ1n) is 5.60.